The molecule has 0 radical (unpaired) electrons. The zero-order valence-corrected chi connectivity index (χ0v) is 22.4. The second-order valence-electron chi connectivity index (χ2n) is 9.62. The highest BCUT2D eigenvalue weighted by atomic mass is 35.5. The van der Waals surface area contributed by atoms with Gasteiger partial charge in [0.15, 0.2) is 0 Å². The maximum Gasteiger partial charge on any atom is 0.416 e. The van der Waals surface area contributed by atoms with E-state index in [1.54, 1.807) is 0 Å². The molecular weight excluding hydrogens is 520 g/mol. The molecule has 3 aromatic carbocycles. The lowest BCUT2D eigenvalue weighted by Crippen LogP contribution is -2.57. The molecule has 0 N–H and O–H groups in total. The van der Waals surface area contributed by atoms with Gasteiger partial charge in [-0.25, -0.2) is 0 Å². The molecule has 37 heavy (non-hydrogen) atoms. The van der Waals surface area contributed by atoms with Crippen molar-refractivity contribution in [1.82, 2.24) is 9.80 Å². The van der Waals surface area contributed by atoms with E-state index in [0.717, 1.165) is 38.5 Å². The first-order chi connectivity index (χ1) is 16.9. The standard InChI is InChI=1S/C29H31F3N2O.2ClH/c1-35-27-15-14-24(29(30,31)32)17-23(27)18-33-19-25-13-8-16-34(25)26(20-33)28(21-9-4-2-5-10-21)22-11-6-3-7-12-22;;/h2-7,9-12,14-15,17,25-26,28H,8,13,16,18-20H2,1H3;2*1H/t25-,26-;;/m0../s1. The van der Waals surface area contributed by atoms with Crippen molar-refractivity contribution in [2.45, 2.75) is 43.6 Å². The maximum atomic E-state index is 13.4. The normalized spacial score (nSPS) is 20.1. The fraction of sp³-hybridized carbons (Fsp3) is 0.379. The van der Waals surface area contributed by atoms with Crippen molar-refractivity contribution in [3.05, 3.63) is 101 Å². The zero-order chi connectivity index (χ0) is 24.4. The number of benzene rings is 3. The predicted molar refractivity (Wildman–Crippen MR) is 146 cm³/mol. The van der Waals surface area contributed by atoms with E-state index in [1.807, 2.05) is 12.1 Å². The first kappa shape index (κ1) is 29.3. The molecule has 0 aromatic heterocycles. The molecule has 0 saturated carbocycles. The number of fused-ring (bicyclic) bond motifs is 1. The van der Waals surface area contributed by atoms with Crippen LogP contribution >= 0.6 is 24.8 Å². The summed E-state index contributed by atoms with van der Waals surface area (Å²) in [4.78, 5) is 4.97. The Morgan fingerprint density at radius 3 is 2.08 bits per heavy atom. The topological polar surface area (TPSA) is 15.7 Å². The molecule has 0 amide bonds. The Morgan fingerprint density at radius 2 is 1.51 bits per heavy atom. The van der Waals surface area contributed by atoms with Crippen LogP contribution in [-0.2, 0) is 12.7 Å². The molecule has 5 rings (SSSR count). The van der Waals surface area contributed by atoms with Gasteiger partial charge in [-0.05, 0) is 48.7 Å². The van der Waals surface area contributed by atoms with Crippen molar-refractivity contribution >= 4 is 24.8 Å². The van der Waals surface area contributed by atoms with Gasteiger partial charge in [0.2, 0.25) is 0 Å². The number of alkyl halides is 3. The molecule has 3 nitrogen and oxygen atoms in total. The van der Waals surface area contributed by atoms with Crippen molar-refractivity contribution < 1.29 is 17.9 Å². The minimum absolute atomic E-state index is 0. The van der Waals surface area contributed by atoms with Gasteiger partial charge >= 0.3 is 6.18 Å². The van der Waals surface area contributed by atoms with Crippen molar-refractivity contribution in [2.75, 3.05) is 26.7 Å². The molecule has 0 aliphatic carbocycles. The number of piperazine rings is 1. The molecule has 2 fully saturated rings. The van der Waals surface area contributed by atoms with E-state index in [9.17, 15) is 13.2 Å². The molecule has 0 bridgehead atoms. The number of nitrogens with zero attached hydrogens (tertiary/aromatic N) is 2. The first-order valence-corrected chi connectivity index (χ1v) is 12.3. The monoisotopic (exact) mass is 552 g/mol. The van der Waals surface area contributed by atoms with Gasteiger partial charge < -0.3 is 4.74 Å². The highest BCUT2D eigenvalue weighted by molar-refractivity contribution is 5.85. The fourth-order valence-corrected chi connectivity index (χ4v) is 5.94. The third kappa shape index (κ3) is 6.43. The zero-order valence-electron chi connectivity index (χ0n) is 20.7. The Balaban J connectivity index is 0.00000190. The molecule has 8 heteroatoms. The quantitative estimate of drug-likeness (QED) is 0.326. The summed E-state index contributed by atoms with van der Waals surface area (Å²) >= 11 is 0. The summed E-state index contributed by atoms with van der Waals surface area (Å²) in [6.45, 7) is 3.13. The van der Waals surface area contributed by atoms with Crippen molar-refractivity contribution in [3.63, 3.8) is 0 Å². The lowest BCUT2D eigenvalue weighted by molar-refractivity contribution is -0.137. The number of hydrogen-bond donors (Lipinski definition) is 0. The van der Waals surface area contributed by atoms with Crippen molar-refractivity contribution in [1.29, 1.82) is 0 Å². The van der Waals surface area contributed by atoms with E-state index in [0.29, 0.717) is 23.9 Å². The predicted octanol–water partition coefficient (Wildman–Crippen LogP) is 7.04. The van der Waals surface area contributed by atoms with Crippen LogP contribution in [0.1, 0.15) is 41.0 Å². The number of rotatable bonds is 6. The molecule has 2 heterocycles. The van der Waals surface area contributed by atoms with Crippen LogP contribution in [0.5, 0.6) is 5.75 Å². The van der Waals surface area contributed by atoms with Gasteiger partial charge in [-0.15, -0.1) is 24.8 Å². The Morgan fingerprint density at radius 1 is 0.892 bits per heavy atom. The largest absolute Gasteiger partial charge is 0.496 e. The third-order valence-corrected chi connectivity index (χ3v) is 7.47. The van der Waals surface area contributed by atoms with E-state index >= 15 is 0 Å². The van der Waals surface area contributed by atoms with Crippen molar-refractivity contribution in [2.24, 2.45) is 0 Å². The van der Waals surface area contributed by atoms with Gasteiger partial charge in [-0.3, -0.25) is 9.80 Å². The van der Waals surface area contributed by atoms with Gasteiger partial charge in [0, 0.05) is 43.2 Å². The van der Waals surface area contributed by atoms with Gasteiger partial charge in [-0.2, -0.15) is 13.2 Å². The summed E-state index contributed by atoms with van der Waals surface area (Å²) in [5, 5.41) is 0. The van der Waals surface area contributed by atoms with Gasteiger partial charge in [0.25, 0.3) is 0 Å². The summed E-state index contributed by atoms with van der Waals surface area (Å²) in [5.74, 6) is 0.690. The van der Waals surface area contributed by atoms with E-state index in [4.69, 9.17) is 4.74 Å². The Labute approximate surface area is 229 Å². The van der Waals surface area contributed by atoms with Crippen LogP contribution in [0.2, 0.25) is 0 Å². The molecule has 2 aliphatic rings. The number of hydrogen-bond acceptors (Lipinski definition) is 3. The molecule has 3 aromatic rings. The summed E-state index contributed by atoms with van der Waals surface area (Å²) in [6, 6.07) is 25.6. The molecule has 200 valence electrons. The minimum atomic E-state index is -4.38. The molecule has 2 atom stereocenters. The summed E-state index contributed by atoms with van der Waals surface area (Å²) < 4.78 is 45.8. The average molecular weight is 553 g/mol. The van der Waals surface area contributed by atoms with Gasteiger partial charge in [-0.1, -0.05) is 60.7 Å². The lowest BCUT2D eigenvalue weighted by Gasteiger charge is -2.47. The van der Waals surface area contributed by atoms with E-state index in [-0.39, 0.29) is 36.8 Å². The minimum Gasteiger partial charge on any atom is -0.496 e. The van der Waals surface area contributed by atoms with Crippen molar-refractivity contribution in [3.8, 4) is 5.75 Å². The van der Waals surface area contributed by atoms with Gasteiger partial charge in [0.1, 0.15) is 5.75 Å². The molecule has 2 aliphatic heterocycles. The van der Waals surface area contributed by atoms with Crippen LogP contribution in [-0.4, -0.2) is 48.6 Å². The summed E-state index contributed by atoms with van der Waals surface area (Å²) in [7, 11) is 1.52. The number of methoxy groups -OCH3 is 1. The molecular formula is C29H33Cl2F3N2O. The molecule has 0 unspecified atom stereocenters. The Kier molecular flexibility index (Phi) is 9.92. The Hall–Kier alpha value is -2.25. The van der Waals surface area contributed by atoms with Crippen LogP contribution in [0.25, 0.3) is 0 Å². The average Bonchev–Trinajstić information content (AvgIpc) is 3.34. The first-order valence-electron chi connectivity index (χ1n) is 12.3. The van der Waals surface area contributed by atoms with E-state index < -0.39 is 11.7 Å². The number of ether oxygens (including phenoxy) is 1. The molecule has 0 spiro atoms. The smallest absolute Gasteiger partial charge is 0.416 e. The second-order valence-corrected chi connectivity index (χ2v) is 9.62. The highest BCUT2D eigenvalue weighted by Gasteiger charge is 2.42. The lowest BCUT2D eigenvalue weighted by atomic mass is 9.82. The van der Waals surface area contributed by atoms with Crippen LogP contribution in [0.3, 0.4) is 0 Å². The van der Waals surface area contributed by atoms with Crippen LogP contribution in [0.15, 0.2) is 78.9 Å². The SMILES string of the molecule is COc1ccc(C(F)(F)F)cc1CN1C[C@@H]2CCCN2[C@H](C(c2ccccc2)c2ccccc2)C1.Cl.Cl. The second kappa shape index (κ2) is 12.5. The van der Waals surface area contributed by atoms with E-state index in [2.05, 4.69) is 58.3 Å². The van der Waals surface area contributed by atoms with Gasteiger partial charge in [0.05, 0.1) is 12.7 Å². The number of halogens is 5. The van der Waals surface area contributed by atoms with Crippen LogP contribution in [0, 0.1) is 0 Å². The van der Waals surface area contributed by atoms with Crippen LogP contribution < -0.4 is 4.74 Å². The fourth-order valence-electron chi connectivity index (χ4n) is 5.94. The third-order valence-electron chi connectivity index (χ3n) is 7.47. The molecule has 2 saturated heterocycles. The van der Waals surface area contributed by atoms with Crippen LogP contribution in [0.4, 0.5) is 13.2 Å². The summed E-state index contributed by atoms with van der Waals surface area (Å²) in [6.07, 6.45) is -2.11. The highest BCUT2D eigenvalue weighted by Crippen LogP contribution is 2.39. The summed E-state index contributed by atoms with van der Waals surface area (Å²) in [5.41, 5.74) is 2.50. The maximum absolute atomic E-state index is 13.4. The van der Waals surface area contributed by atoms with E-state index in [1.165, 1.54) is 30.4 Å². The Bertz CT molecular complexity index is 1090.